The lowest BCUT2D eigenvalue weighted by Crippen LogP contribution is -2.40. The summed E-state index contributed by atoms with van der Waals surface area (Å²) in [6, 6.07) is 12.8. The summed E-state index contributed by atoms with van der Waals surface area (Å²) in [6.45, 7) is 4.11. The molecule has 1 aliphatic rings. The van der Waals surface area contributed by atoms with Crippen LogP contribution in [0.1, 0.15) is 34.3 Å². The molecule has 0 aromatic heterocycles. The summed E-state index contributed by atoms with van der Waals surface area (Å²) in [5.41, 5.74) is 2.72. The topological polar surface area (TPSA) is 90.7 Å². The highest BCUT2D eigenvalue weighted by atomic mass is 16.6. The number of aryl methyl sites for hydroxylation is 1. The van der Waals surface area contributed by atoms with Crippen molar-refractivity contribution in [3.63, 3.8) is 0 Å². The van der Waals surface area contributed by atoms with E-state index in [-0.39, 0.29) is 16.7 Å². The summed E-state index contributed by atoms with van der Waals surface area (Å²) in [5.74, 6) is -0.727. The van der Waals surface area contributed by atoms with E-state index in [4.69, 9.17) is 9.47 Å². The molecule has 1 heterocycles. The Morgan fingerprint density at radius 3 is 2.61 bits per heavy atom. The molecule has 0 radical (unpaired) electrons. The van der Waals surface area contributed by atoms with Gasteiger partial charge in [-0.3, -0.25) is 10.1 Å². The van der Waals surface area contributed by atoms with Gasteiger partial charge in [-0.25, -0.2) is 4.79 Å². The van der Waals surface area contributed by atoms with Gasteiger partial charge < -0.3 is 14.8 Å². The smallest absolute Gasteiger partial charge is 0.344 e. The molecule has 0 spiro atoms. The minimum absolute atomic E-state index is 0.0607. The number of carbonyl (C=O) groups is 1. The molecule has 1 saturated heterocycles. The zero-order valence-electron chi connectivity index (χ0n) is 16.1. The Morgan fingerprint density at radius 1 is 1.25 bits per heavy atom. The number of carbonyl (C=O) groups excluding carboxylic acids is 1. The first-order chi connectivity index (χ1) is 13.5. The van der Waals surface area contributed by atoms with Crippen LogP contribution in [0.15, 0.2) is 42.5 Å². The molecule has 0 unspecified atom stereocenters. The SMILES string of the molecule is COC(=O)c1cc(NCC2(c3ccccc3C)CCOCC2)ccc1[N+](=O)[O-]. The molecule has 7 nitrogen and oxygen atoms in total. The van der Waals surface area contributed by atoms with E-state index < -0.39 is 10.9 Å². The maximum atomic E-state index is 12.0. The van der Waals surface area contributed by atoms with Crippen LogP contribution in [-0.4, -0.2) is 37.8 Å². The van der Waals surface area contributed by atoms with Crippen LogP contribution in [-0.2, 0) is 14.9 Å². The molecule has 1 fully saturated rings. The van der Waals surface area contributed by atoms with Gasteiger partial charge in [-0.15, -0.1) is 0 Å². The number of nitro benzene ring substituents is 1. The predicted octanol–water partition coefficient (Wildman–Crippen LogP) is 3.85. The molecular formula is C21H24N2O5. The Labute approximate surface area is 163 Å². The first kappa shape index (κ1) is 19.8. The molecule has 0 atom stereocenters. The number of nitrogens with zero attached hydrogens (tertiary/aromatic N) is 1. The molecule has 0 bridgehead atoms. The van der Waals surface area contributed by atoms with Crippen molar-refractivity contribution in [2.45, 2.75) is 25.2 Å². The number of esters is 1. The second-order valence-electron chi connectivity index (χ2n) is 7.04. The number of hydrogen-bond donors (Lipinski definition) is 1. The maximum Gasteiger partial charge on any atom is 0.344 e. The van der Waals surface area contributed by atoms with E-state index in [9.17, 15) is 14.9 Å². The fourth-order valence-corrected chi connectivity index (χ4v) is 3.82. The molecule has 1 N–H and O–H groups in total. The number of rotatable bonds is 6. The lowest BCUT2D eigenvalue weighted by molar-refractivity contribution is -0.385. The van der Waals surface area contributed by atoms with Crippen LogP contribution in [0.5, 0.6) is 0 Å². The lowest BCUT2D eigenvalue weighted by atomic mass is 9.72. The third-order valence-electron chi connectivity index (χ3n) is 5.40. The van der Waals surface area contributed by atoms with Gasteiger partial charge in [0, 0.05) is 36.9 Å². The zero-order chi connectivity index (χ0) is 20.1. The van der Waals surface area contributed by atoms with Gasteiger partial charge in [-0.1, -0.05) is 24.3 Å². The van der Waals surface area contributed by atoms with Gasteiger partial charge in [0.1, 0.15) is 5.56 Å². The Morgan fingerprint density at radius 2 is 1.96 bits per heavy atom. The molecule has 0 amide bonds. The first-order valence-electron chi connectivity index (χ1n) is 9.21. The van der Waals surface area contributed by atoms with Crippen LogP contribution in [0.4, 0.5) is 11.4 Å². The van der Waals surface area contributed by atoms with Crippen molar-refractivity contribution < 1.29 is 19.2 Å². The quantitative estimate of drug-likeness (QED) is 0.462. The number of nitro groups is 1. The fourth-order valence-electron chi connectivity index (χ4n) is 3.82. The molecule has 2 aromatic rings. The van der Waals surface area contributed by atoms with Crippen LogP contribution in [0, 0.1) is 17.0 Å². The number of hydrogen-bond acceptors (Lipinski definition) is 6. The van der Waals surface area contributed by atoms with E-state index >= 15 is 0 Å². The van der Waals surface area contributed by atoms with Crippen LogP contribution in [0.3, 0.4) is 0 Å². The molecule has 0 saturated carbocycles. The average Bonchev–Trinajstić information content (AvgIpc) is 2.72. The van der Waals surface area contributed by atoms with Gasteiger partial charge in [-0.05, 0) is 43.0 Å². The number of ether oxygens (including phenoxy) is 2. The van der Waals surface area contributed by atoms with Gasteiger partial charge in [0.15, 0.2) is 0 Å². The van der Waals surface area contributed by atoms with E-state index in [0.29, 0.717) is 25.4 Å². The second kappa shape index (κ2) is 8.39. The fraction of sp³-hybridized carbons (Fsp3) is 0.381. The zero-order valence-corrected chi connectivity index (χ0v) is 16.1. The molecule has 3 rings (SSSR count). The van der Waals surface area contributed by atoms with Crippen molar-refractivity contribution in [3.05, 3.63) is 69.3 Å². The van der Waals surface area contributed by atoms with Gasteiger partial charge >= 0.3 is 5.97 Å². The molecular weight excluding hydrogens is 360 g/mol. The number of benzene rings is 2. The molecule has 1 aliphatic heterocycles. The summed E-state index contributed by atoms with van der Waals surface area (Å²) in [5, 5.41) is 14.6. The van der Waals surface area contributed by atoms with E-state index in [1.807, 2.05) is 12.1 Å². The largest absolute Gasteiger partial charge is 0.465 e. The summed E-state index contributed by atoms with van der Waals surface area (Å²) >= 11 is 0. The van der Waals surface area contributed by atoms with Crippen molar-refractivity contribution in [1.82, 2.24) is 0 Å². The number of anilines is 1. The molecule has 2 aromatic carbocycles. The van der Waals surface area contributed by atoms with Gasteiger partial charge in [-0.2, -0.15) is 0 Å². The summed E-state index contributed by atoms with van der Waals surface area (Å²) < 4.78 is 10.3. The molecule has 7 heteroatoms. The summed E-state index contributed by atoms with van der Waals surface area (Å²) in [6.07, 6.45) is 1.75. The Kier molecular flexibility index (Phi) is 5.94. The van der Waals surface area contributed by atoms with Crippen LogP contribution >= 0.6 is 0 Å². The van der Waals surface area contributed by atoms with Crippen LogP contribution in [0.25, 0.3) is 0 Å². The number of methoxy groups -OCH3 is 1. The molecule has 28 heavy (non-hydrogen) atoms. The third-order valence-corrected chi connectivity index (χ3v) is 5.40. The van der Waals surface area contributed by atoms with Gasteiger partial charge in [0.05, 0.1) is 12.0 Å². The van der Waals surface area contributed by atoms with Crippen molar-refractivity contribution in [2.24, 2.45) is 0 Å². The third kappa shape index (κ3) is 3.99. The standard InChI is InChI=1S/C21H24N2O5/c1-15-5-3-4-6-18(15)21(9-11-28-12-10-21)14-22-16-7-8-19(23(25)26)17(13-16)20(24)27-2/h3-8,13,22H,9-12,14H2,1-2H3. The van der Waals surface area contributed by atoms with Crippen LogP contribution < -0.4 is 5.32 Å². The summed E-state index contributed by atoms with van der Waals surface area (Å²) in [4.78, 5) is 22.6. The van der Waals surface area contributed by atoms with E-state index in [2.05, 4.69) is 24.4 Å². The highest BCUT2D eigenvalue weighted by Gasteiger charge is 2.35. The highest BCUT2D eigenvalue weighted by molar-refractivity contribution is 5.95. The Balaban J connectivity index is 1.89. The molecule has 0 aliphatic carbocycles. The van der Waals surface area contributed by atoms with Crippen LogP contribution in [0.2, 0.25) is 0 Å². The van der Waals surface area contributed by atoms with Crippen molar-refractivity contribution in [2.75, 3.05) is 32.2 Å². The first-order valence-corrected chi connectivity index (χ1v) is 9.21. The Hall–Kier alpha value is -2.93. The van der Waals surface area contributed by atoms with Gasteiger partial charge in [0.2, 0.25) is 0 Å². The van der Waals surface area contributed by atoms with Crippen molar-refractivity contribution >= 4 is 17.3 Å². The predicted molar refractivity (Wildman–Crippen MR) is 106 cm³/mol. The van der Waals surface area contributed by atoms with Crippen molar-refractivity contribution in [3.8, 4) is 0 Å². The second-order valence-corrected chi connectivity index (χ2v) is 7.04. The average molecular weight is 384 g/mol. The minimum Gasteiger partial charge on any atom is -0.465 e. The monoisotopic (exact) mass is 384 g/mol. The lowest BCUT2D eigenvalue weighted by Gasteiger charge is -2.39. The van der Waals surface area contributed by atoms with E-state index in [0.717, 1.165) is 12.8 Å². The normalized spacial score (nSPS) is 15.6. The molecule has 148 valence electrons. The Bertz CT molecular complexity index is 875. The van der Waals surface area contributed by atoms with Gasteiger partial charge in [0.25, 0.3) is 5.69 Å². The number of nitrogens with one attached hydrogen (secondary N) is 1. The minimum atomic E-state index is -0.727. The summed E-state index contributed by atoms with van der Waals surface area (Å²) in [7, 11) is 1.21. The van der Waals surface area contributed by atoms with Crippen molar-refractivity contribution in [1.29, 1.82) is 0 Å². The highest BCUT2D eigenvalue weighted by Crippen LogP contribution is 2.37. The van der Waals surface area contributed by atoms with E-state index in [1.165, 1.54) is 30.4 Å². The van der Waals surface area contributed by atoms with E-state index in [1.54, 1.807) is 6.07 Å². The maximum absolute atomic E-state index is 12.0.